The highest BCUT2D eigenvalue weighted by atomic mass is 127. The fourth-order valence-corrected chi connectivity index (χ4v) is 5.47. The lowest BCUT2D eigenvalue weighted by molar-refractivity contribution is 0.420. The van der Waals surface area contributed by atoms with Gasteiger partial charge in [0.2, 0.25) is 10.0 Å². The van der Waals surface area contributed by atoms with E-state index in [1.165, 1.54) is 0 Å². The van der Waals surface area contributed by atoms with Crippen molar-refractivity contribution >= 4 is 43.4 Å². The molecule has 21 heavy (non-hydrogen) atoms. The average molecular weight is 417 g/mol. The van der Waals surface area contributed by atoms with Crippen molar-refractivity contribution in [3.63, 3.8) is 0 Å². The first-order valence-corrected chi connectivity index (χ1v) is 9.48. The summed E-state index contributed by atoms with van der Waals surface area (Å²) in [6.07, 6.45) is 4.24. The molecular formula is C14H16IN3O2S. The van der Waals surface area contributed by atoms with Gasteiger partial charge in [0.05, 0.1) is 8.94 Å². The Hall–Kier alpha value is -0.770. The van der Waals surface area contributed by atoms with Gasteiger partial charge in [-0.3, -0.25) is 4.98 Å². The molecule has 0 unspecified atom stereocenters. The van der Waals surface area contributed by atoms with Crippen molar-refractivity contribution in [2.45, 2.75) is 15.4 Å². The maximum absolute atomic E-state index is 12.9. The van der Waals surface area contributed by atoms with Crippen molar-refractivity contribution in [1.29, 1.82) is 0 Å². The summed E-state index contributed by atoms with van der Waals surface area (Å²) in [5.74, 6) is 0. The number of alkyl halides is 1. The molecule has 0 amide bonds. The standard InChI is InChI=1S/C14H16IN3O2S/c15-14-10-16-5-1-7-18(14)21(19,20)13-3-2-12-9-17-6-4-11(12)8-13/h2-4,6,8-9,14,16H,1,5,7,10H2/t14-/m0/s1. The van der Waals surface area contributed by atoms with Crippen LogP contribution in [-0.4, -0.2) is 41.4 Å². The van der Waals surface area contributed by atoms with Crippen LogP contribution in [0, 0.1) is 0 Å². The van der Waals surface area contributed by atoms with Gasteiger partial charge in [0, 0.05) is 30.9 Å². The summed E-state index contributed by atoms with van der Waals surface area (Å²) in [4.78, 5) is 4.40. The Morgan fingerprint density at radius 1 is 1.29 bits per heavy atom. The van der Waals surface area contributed by atoms with Crippen molar-refractivity contribution < 1.29 is 8.42 Å². The number of halogens is 1. The lowest BCUT2D eigenvalue weighted by atomic mass is 10.2. The fourth-order valence-electron chi connectivity index (χ4n) is 2.45. The highest BCUT2D eigenvalue weighted by molar-refractivity contribution is 14.1. The number of fused-ring (bicyclic) bond motifs is 1. The van der Waals surface area contributed by atoms with Crippen LogP contribution < -0.4 is 5.32 Å². The van der Waals surface area contributed by atoms with Crippen molar-refractivity contribution in [1.82, 2.24) is 14.6 Å². The second-order valence-electron chi connectivity index (χ2n) is 4.99. The molecule has 1 aliphatic heterocycles. The molecule has 0 radical (unpaired) electrons. The SMILES string of the molecule is O=S(=O)(c1ccc2cnccc2c1)N1CCCNC[C@H]1I. The van der Waals surface area contributed by atoms with E-state index >= 15 is 0 Å². The smallest absolute Gasteiger partial charge is 0.244 e. The van der Waals surface area contributed by atoms with Gasteiger partial charge in [-0.1, -0.05) is 28.7 Å². The van der Waals surface area contributed by atoms with Gasteiger partial charge in [0.1, 0.15) is 0 Å². The van der Waals surface area contributed by atoms with E-state index in [2.05, 4.69) is 32.9 Å². The van der Waals surface area contributed by atoms with Crippen molar-refractivity contribution in [3.05, 3.63) is 36.7 Å². The van der Waals surface area contributed by atoms with E-state index in [1.807, 2.05) is 12.1 Å². The Morgan fingerprint density at radius 2 is 2.14 bits per heavy atom. The first-order chi connectivity index (χ1) is 10.1. The van der Waals surface area contributed by atoms with Crippen molar-refractivity contribution in [2.75, 3.05) is 19.6 Å². The molecule has 1 atom stereocenters. The van der Waals surface area contributed by atoms with Gasteiger partial charge in [-0.2, -0.15) is 4.31 Å². The molecule has 1 aromatic carbocycles. The molecule has 1 aliphatic rings. The minimum atomic E-state index is -3.46. The number of nitrogens with zero attached hydrogens (tertiary/aromatic N) is 2. The van der Waals surface area contributed by atoms with Crippen LogP contribution in [-0.2, 0) is 10.0 Å². The molecule has 1 aromatic heterocycles. The summed E-state index contributed by atoms with van der Waals surface area (Å²) in [6.45, 7) is 2.09. The van der Waals surface area contributed by atoms with E-state index < -0.39 is 10.0 Å². The van der Waals surface area contributed by atoms with E-state index in [0.717, 1.165) is 23.7 Å². The zero-order valence-corrected chi connectivity index (χ0v) is 14.3. The molecule has 0 aliphatic carbocycles. The number of rotatable bonds is 2. The van der Waals surface area contributed by atoms with Crippen LogP contribution in [0.1, 0.15) is 6.42 Å². The first-order valence-electron chi connectivity index (χ1n) is 6.79. The van der Waals surface area contributed by atoms with E-state index in [0.29, 0.717) is 18.0 Å². The highest BCUT2D eigenvalue weighted by Crippen LogP contribution is 2.25. The zero-order valence-electron chi connectivity index (χ0n) is 11.4. The molecule has 0 bridgehead atoms. The van der Waals surface area contributed by atoms with Crippen LogP contribution in [0.5, 0.6) is 0 Å². The van der Waals surface area contributed by atoms with Crippen LogP contribution >= 0.6 is 22.6 Å². The monoisotopic (exact) mass is 417 g/mol. The summed E-state index contributed by atoms with van der Waals surface area (Å²) < 4.78 is 27.3. The summed E-state index contributed by atoms with van der Waals surface area (Å²) in [6, 6.07) is 7.04. The van der Waals surface area contributed by atoms with Gasteiger partial charge in [-0.25, -0.2) is 8.42 Å². The Bertz CT molecular complexity index is 751. The second-order valence-corrected chi connectivity index (χ2v) is 8.32. The minimum absolute atomic E-state index is 0.0664. The number of hydrogen-bond donors (Lipinski definition) is 1. The molecule has 1 N–H and O–H groups in total. The van der Waals surface area contributed by atoms with Crippen LogP contribution in [0.3, 0.4) is 0 Å². The summed E-state index contributed by atoms with van der Waals surface area (Å²) in [5, 5.41) is 5.10. The van der Waals surface area contributed by atoms with Gasteiger partial charge < -0.3 is 5.32 Å². The van der Waals surface area contributed by atoms with Crippen molar-refractivity contribution in [2.24, 2.45) is 0 Å². The molecule has 1 fully saturated rings. The van der Waals surface area contributed by atoms with Gasteiger partial charge in [-0.15, -0.1) is 0 Å². The Kier molecular flexibility index (Phi) is 4.43. The lowest BCUT2D eigenvalue weighted by Gasteiger charge is -2.24. The molecule has 7 heteroatoms. The molecule has 1 saturated heterocycles. The topological polar surface area (TPSA) is 62.3 Å². The number of hydrogen-bond acceptors (Lipinski definition) is 4. The third kappa shape index (κ3) is 3.05. The first kappa shape index (κ1) is 15.1. The average Bonchev–Trinajstić information content (AvgIpc) is 2.71. The molecule has 112 valence electrons. The van der Waals surface area contributed by atoms with Crippen molar-refractivity contribution in [3.8, 4) is 0 Å². The summed E-state index contributed by atoms with van der Waals surface area (Å²) >= 11 is 2.19. The Labute approximate surface area is 137 Å². The molecule has 0 saturated carbocycles. The number of sulfonamides is 1. The summed E-state index contributed by atoms with van der Waals surface area (Å²) in [5.41, 5.74) is 0. The fraction of sp³-hybridized carbons (Fsp3) is 0.357. The predicted molar refractivity (Wildman–Crippen MR) is 90.9 cm³/mol. The number of aromatic nitrogens is 1. The minimum Gasteiger partial charge on any atom is -0.314 e. The summed E-state index contributed by atoms with van der Waals surface area (Å²) in [7, 11) is -3.46. The van der Waals surface area contributed by atoms with Gasteiger partial charge in [-0.05, 0) is 36.6 Å². The van der Waals surface area contributed by atoms with E-state index in [1.54, 1.807) is 28.8 Å². The Balaban J connectivity index is 2.02. The quantitative estimate of drug-likeness (QED) is 0.461. The normalized spacial score (nSPS) is 21.3. The molecule has 2 aromatic rings. The van der Waals surface area contributed by atoms with Gasteiger partial charge >= 0.3 is 0 Å². The number of pyridine rings is 1. The van der Waals surface area contributed by atoms with Crippen LogP contribution in [0.15, 0.2) is 41.6 Å². The predicted octanol–water partition coefficient (Wildman–Crippen LogP) is 1.98. The van der Waals surface area contributed by atoms with E-state index in [9.17, 15) is 8.42 Å². The highest BCUT2D eigenvalue weighted by Gasteiger charge is 2.30. The van der Waals surface area contributed by atoms with Gasteiger partial charge in [0.15, 0.2) is 0 Å². The lowest BCUT2D eigenvalue weighted by Crippen LogP contribution is -2.39. The Morgan fingerprint density at radius 3 is 3.00 bits per heavy atom. The maximum atomic E-state index is 12.9. The molecule has 0 spiro atoms. The molecular weight excluding hydrogens is 401 g/mol. The van der Waals surface area contributed by atoms with Crippen LogP contribution in [0.25, 0.3) is 10.8 Å². The molecule has 5 nitrogen and oxygen atoms in total. The zero-order chi connectivity index (χ0) is 14.9. The van der Waals surface area contributed by atoms with Gasteiger partial charge in [0.25, 0.3) is 0 Å². The third-order valence-electron chi connectivity index (χ3n) is 3.58. The largest absolute Gasteiger partial charge is 0.314 e. The van der Waals surface area contributed by atoms with Crippen LogP contribution in [0.4, 0.5) is 0 Å². The number of nitrogens with one attached hydrogen (secondary N) is 1. The third-order valence-corrected chi connectivity index (χ3v) is 6.97. The van der Waals surface area contributed by atoms with E-state index in [-0.39, 0.29) is 4.05 Å². The second kappa shape index (κ2) is 6.15. The van der Waals surface area contributed by atoms with E-state index in [4.69, 9.17) is 0 Å². The molecule has 2 heterocycles. The maximum Gasteiger partial charge on any atom is 0.244 e. The molecule has 3 rings (SSSR count). The van der Waals surface area contributed by atoms with Crippen LogP contribution in [0.2, 0.25) is 0 Å². The number of benzene rings is 1.